The maximum atomic E-state index is 4.62. The number of fused-ring (bicyclic) bond motifs is 1. The molecule has 0 aliphatic rings. The highest BCUT2D eigenvalue weighted by Gasteiger charge is 2.14. The van der Waals surface area contributed by atoms with E-state index in [0.29, 0.717) is 0 Å². The summed E-state index contributed by atoms with van der Waals surface area (Å²) in [5.74, 6) is 0. The number of nitrogens with one attached hydrogen (secondary N) is 1. The zero-order chi connectivity index (χ0) is 15.1. The van der Waals surface area contributed by atoms with Gasteiger partial charge in [-0.3, -0.25) is 4.68 Å². The van der Waals surface area contributed by atoms with Crippen LogP contribution in [-0.4, -0.2) is 24.5 Å². The van der Waals surface area contributed by atoms with Gasteiger partial charge in [0.2, 0.25) is 0 Å². The minimum absolute atomic E-state index is 0.754. The number of aromatic nitrogens is 5. The van der Waals surface area contributed by atoms with Crippen molar-refractivity contribution in [3.05, 3.63) is 22.6 Å². The fourth-order valence-electron chi connectivity index (χ4n) is 2.62. The molecule has 0 radical (unpaired) electrons. The lowest BCUT2D eigenvalue weighted by Crippen LogP contribution is -2.03. The summed E-state index contributed by atoms with van der Waals surface area (Å²) in [6.45, 7) is 9.96. The largest absolute Gasteiger partial charge is 0.357 e. The molecular formula is C14H20N6S. The van der Waals surface area contributed by atoms with Crippen LogP contribution < -0.4 is 5.32 Å². The number of rotatable bonds is 4. The Balaban J connectivity index is 1.83. The third-order valence-corrected chi connectivity index (χ3v) is 4.90. The Kier molecular flexibility index (Phi) is 3.44. The average molecular weight is 304 g/mol. The number of hydrogen-bond donors (Lipinski definition) is 1. The molecule has 0 aliphatic heterocycles. The number of hydrogen-bond acceptors (Lipinski definition) is 5. The van der Waals surface area contributed by atoms with Crippen LogP contribution in [0, 0.1) is 20.8 Å². The third kappa shape index (κ3) is 2.31. The van der Waals surface area contributed by atoms with Gasteiger partial charge in [-0.15, -0.1) is 0 Å². The van der Waals surface area contributed by atoms with E-state index in [1.165, 1.54) is 11.3 Å². The molecule has 6 nitrogen and oxygen atoms in total. The molecular weight excluding hydrogens is 284 g/mol. The van der Waals surface area contributed by atoms with Crippen LogP contribution >= 0.6 is 11.3 Å². The minimum atomic E-state index is 0.754. The molecule has 21 heavy (non-hydrogen) atoms. The Morgan fingerprint density at radius 1 is 1.14 bits per heavy atom. The molecule has 3 rings (SSSR count). The van der Waals surface area contributed by atoms with Crippen LogP contribution in [0.4, 0.5) is 5.13 Å². The van der Waals surface area contributed by atoms with E-state index < -0.39 is 0 Å². The fourth-order valence-corrected chi connectivity index (χ4v) is 3.55. The molecule has 0 bridgehead atoms. The van der Waals surface area contributed by atoms with Crippen LogP contribution in [0.3, 0.4) is 0 Å². The van der Waals surface area contributed by atoms with Gasteiger partial charge in [-0.1, -0.05) is 11.3 Å². The number of thiazole rings is 1. The van der Waals surface area contributed by atoms with Crippen LogP contribution in [0.5, 0.6) is 0 Å². The first-order chi connectivity index (χ1) is 10.0. The van der Waals surface area contributed by atoms with E-state index in [1.807, 2.05) is 23.3 Å². The Bertz CT molecular complexity index is 760. The first kappa shape index (κ1) is 14.1. The van der Waals surface area contributed by atoms with Gasteiger partial charge in [0.15, 0.2) is 10.8 Å². The van der Waals surface area contributed by atoms with Crippen LogP contribution in [0.15, 0.2) is 0 Å². The van der Waals surface area contributed by atoms with Crippen molar-refractivity contribution in [1.29, 1.82) is 0 Å². The zero-order valence-corrected chi connectivity index (χ0v) is 13.9. The van der Waals surface area contributed by atoms with Crippen molar-refractivity contribution in [2.75, 3.05) is 5.32 Å². The molecule has 0 aromatic carbocycles. The summed E-state index contributed by atoms with van der Waals surface area (Å²) >= 11 is 1.66. The van der Waals surface area contributed by atoms with E-state index in [-0.39, 0.29) is 0 Å². The van der Waals surface area contributed by atoms with Crippen molar-refractivity contribution in [3.8, 4) is 0 Å². The Morgan fingerprint density at radius 3 is 2.52 bits per heavy atom. The summed E-state index contributed by atoms with van der Waals surface area (Å²) in [5.41, 5.74) is 5.54. The van der Waals surface area contributed by atoms with E-state index in [9.17, 15) is 0 Å². The molecule has 0 fully saturated rings. The van der Waals surface area contributed by atoms with Crippen molar-refractivity contribution < 1.29 is 0 Å². The molecule has 7 heteroatoms. The summed E-state index contributed by atoms with van der Waals surface area (Å²) in [7, 11) is 1.93. The molecule has 1 N–H and O–H groups in total. The highest BCUT2D eigenvalue weighted by Crippen LogP contribution is 2.28. The fraction of sp³-hybridized carbons (Fsp3) is 0.500. The molecule has 3 heterocycles. The Morgan fingerprint density at radius 2 is 1.90 bits per heavy atom. The monoisotopic (exact) mass is 304 g/mol. The maximum Gasteiger partial charge on any atom is 0.185 e. The second kappa shape index (κ2) is 5.14. The highest BCUT2D eigenvalue weighted by molar-refractivity contribution is 7.22. The first-order valence-electron chi connectivity index (χ1n) is 7.08. The van der Waals surface area contributed by atoms with E-state index in [2.05, 4.69) is 41.3 Å². The first-order valence-corrected chi connectivity index (χ1v) is 7.89. The Labute approximate surface area is 127 Å². The van der Waals surface area contributed by atoms with E-state index in [4.69, 9.17) is 0 Å². The lowest BCUT2D eigenvalue weighted by Gasteiger charge is -2.04. The topological polar surface area (TPSA) is 60.6 Å². The van der Waals surface area contributed by atoms with Gasteiger partial charge in [-0.05, 0) is 27.7 Å². The molecule has 0 unspecified atom stereocenters. The molecule has 3 aromatic heterocycles. The maximum absolute atomic E-state index is 4.62. The predicted molar refractivity (Wildman–Crippen MR) is 85.8 cm³/mol. The van der Waals surface area contributed by atoms with Crippen molar-refractivity contribution in [2.45, 2.75) is 40.8 Å². The van der Waals surface area contributed by atoms with Crippen molar-refractivity contribution in [2.24, 2.45) is 7.05 Å². The number of aryl methyl sites for hydroxylation is 4. The summed E-state index contributed by atoms with van der Waals surface area (Å²) in [6.07, 6.45) is 0. The summed E-state index contributed by atoms with van der Waals surface area (Å²) in [6, 6.07) is 0. The van der Waals surface area contributed by atoms with Crippen LogP contribution in [0.1, 0.15) is 29.6 Å². The van der Waals surface area contributed by atoms with Gasteiger partial charge in [0, 0.05) is 31.4 Å². The molecule has 0 atom stereocenters. The molecule has 0 spiro atoms. The van der Waals surface area contributed by atoms with E-state index in [0.717, 1.165) is 40.0 Å². The highest BCUT2D eigenvalue weighted by atomic mass is 32.1. The van der Waals surface area contributed by atoms with Crippen molar-refractivity contribution in [3.63, 3.8) is 0 Å². The smallest absolute Gasteiger partial charge is 0.185 e. The predicted octanol–water partition coefficient (Wildman–Crippen LogP) is 2.78. The molecule has 3 aromatic rings. The number of nitrogens with zero attached hydrogens (tertiary/aromatic N) is 5. The molecule has 112 valence electrons. The lowest BCUT2D eigenvalue weighted by atomic mass is 10.2. The zero-order valence-electron chi connectivity index (χ0n) is 13.1. The van der Waals surface area contributed by atoms with Crippen LogP contribution in [0.2, 0.25) is 0 Å². The van der Waals surface area contributed by atoms with Crippen LogP contribution in [-0.2, 0) is 20.1 Å². The van der Waals surface area contributed by atoms with Crippen molar-refractivity contribution in [1.82, 2.24) is 24.5 Å². The van der Waals surface area contributed by atoms with Crippen LogP contribution in [0.25, 0.3) is 10.3 Å². The second-order valence-corrected chi connectivity index (χ2v) is 6.20. The average Bonchev–Trinajstić information content (AvgIpc) is 3.05. The molecule has 0 amide bonds. The van der Waals surface area contributed by atoms with Gasteiger partial charge in [-0.25, -0.2) is 9.67 Å². The van der Waals surface area contributed by atoms with Gasteiger partial charge in [0.1, 0.15) is 0 Å². The normalized spacial score (nSPS) is 11.5. The SMILES string of the molecule is CCn1nc(C)c(CNc2nc3c(s2)c(C)nn3C)c1C. The van der Waals surface area contributed by atoms with Crippen molar-refractivity contribution >= 4 is 26.8 Å². The van der Waals surface area contributed by atoms with Gasteiger partial charge < -0.3 is 5.32 Å². The third-order valence-electron chi connectivity index (χ3n) is 3.79. The summed E-state index contributed by atoms with van der Waals surface area (Å²) in [5, 5.41) is 13.3. The Hall–Kier alpha value is -1.89. The lowest BCUT2D eigenvalue weighted by molar-refractivity contribution is 0.633. The summed E-state index contributed by atoms with van der Waals surface area (Å²) in [4.78, 5) is 4.62. The minimum Gasteiger partial charge on any atom is -0.357 e. The molecule has 0 saturated carbocycles. The van der Waals surface area contributed by atoms with Gasteiger partial charge >= 0.3 is 0 Å². The number of anilines is 1. The second-order valence-electron chi connectivity index (χ2n) is 5.20. The van der Waals surface area contributed by atoms with Gasteiger partial charge in [0.25, 0.3) is 0 Å². The standard InChI is InChI=1S/C14H20N6S/c1-6-20-10(4)11(8(2)18-20)7-15-14-16-13-12(21-14)9(3)17-19(13)5/h6-7H2,1-5H3,(H,15,16). The quantitative estimate of drug-likeness (QED) is 0.805. The molecule has 0 aliphatic carbocycles. The molecule has 0 saturated heterocycles. The van der Waals surface area contributed by atoms with Gasteiger partial charge in [0.05, 0.1) is 16.1 Å². The summed E-state index contributed by atoms with van der Waals surface area (Å²) < 4.78 is 5.02. The van der Waals surface area contributed by atoms with E-state index in [1.54, 1.807) is 11.3 Å². The van der Waals surface area contributed by atoms with Gasteiger partial charge in [-0.2, -0.15) is 10.2 Å². The van der Waals surface area contributed by atoms with E-state index >= 15 is 0 Å².